The summed E-state index contributed by atoms with van der Waals surface area (Å²) in [5.41, 5.74) is 5.49. The van der Waals surface area contributed by atoms with Crippen LogP contribution in [0.3, 0.4) is 0 Å². The van der Waals surface area contributed by atoms with Crippen LogP contribution in [0.15, 0.2) is 42.5 Å². The number of anilines is 2. The molecule has 2 amide bonds. The Kier molecular flexibility index (Phi) is 5.15. The van der Waals surface area contributed by atoms with Gasteiger partial charge in [-0.1, -0.05) is 18.2 Å². The Morgan fingerprint density at radius 3 is 2.67 bits per heavy atom. The molecule has 0 aromatic heterocycles. The van der Waals surface area contributed by atoms with Crippen molar-refractivity contribution in [1.82, 2.24) is 0 Å². The van der Waals surface area contributed by atoms with Crippen molar-refractivity contribution in [2.24, 2.45) is 0 Å². The van der Waals surface area contributed by atoms with E-state index in [2.05, 4.69) is 23.5 Å². The van der Waals surface area contributed by atoms with Crippen LogP contribution in [0.1, 0.15) is 35.4 Å². The minimum Gasteiger partial charge on any atom is -0.325 e. The summed E-state index contributed by atoms with van der Waals surface area (Å²) in [6.45, 7) is 1.64. The first-order valence-electron chi connectivity index (χ1n) is 9.13. The highest BCUT2D eigenvalue weighted by atomic mass is 35.5. The normalized spacial score (nSPS) is 19.9. The second-order valence-corrected chi connectivity index (χ2v) is 8.68. The van der Waals surface area contributed by atoms with Crippen LogP contribution in [-0.2, 0) is 22.4 Å². The Hall–Kier alpha value is -1.98. The number of amides is 2. The molecule has 0 radical (unpaired) electrons. The van der Waals surface area contributed by atoms with Crippen molar-refractivity contribution < 1.29 is 9.59 Å². The molecule has 0 spiro atoms. The molecule has 1 N–H and O–H groups in total. The number of hydrogen-bond donors (Lipinski definition) is 1. The molecule has 1 saturated heterocycles. The number of nitrogens with zero attached hydrogens (tertiary/aromatic N) is 1. The molecule has 2 aromatic carbocycles. The average molecular weight is 401 g/mol. The fraction of sp³-hybridized carbons (Fsp3) is 0.333. The number of carbonyl (C=O) groups excluding carboxylic acids is 2. The molecule has 1 aliphatic heterocycles. The third-order valence-corrected chi connectivity index (χ3v) is 6.46. The van der Waals surface area contributed by atoms with Gasteiger partial charge in [0.1, 0.15) is 10.8 Å². The van der Waals surface area contributed by atoms with Gasteiger partial charge in [-0.15, -0.1) is 23.4 Å². The molecule has 140 valence electrons. The van der Waals surface area contributed by atoms with Gasteiger partial charge in [-0.25, -0.2) is 0 Å². The molecular formula is C21H21ClN2O2S. The minimum atomic E-state index is -0.581. The van der Waals surface area contributed by atoms with Crippen LogP contribution in [0.2, 0.25) is 0 Å². The van der Waals surface area contributed by atoms with E-state index >= 15 is 0 Å². The number of benzene rings is 2. The van der Waals surface area contributed by atoms with Gasteiger partial charge in [0.15, 0.2) is 0 Å². The second-order valence-electron chi connectivity index (χ2n) is 6.96. The lowest BCUT2D eigenvalue weighted by Gasteiger charge is -2.25. The van der Waals surface area contributed by atoms with Crippen molar-refractivity contribution in [3.63, 3.8) is 0 Å². The first-order valence-corrected chi connectivity index (χ1v) is 10.6. The van der Waals surface area contributed by atoms with Crippen molar-refractivity contribution in [1.29, 1.82) is 0 Å². The summed E-state index contributed by atoms with van der Waals surface area (Å²) in [5, 5.41) is 2.15. The maximum Gasteiger partial charge on any atom is 0.242 e. The maximum atomic E-state index is 12.6. The third-order valence-electron chi connectivity index (χ3n) is 5.05. The van der Waals surface area contributed by atoms with Gasteiger partial charge in [-0.2, -0.15) is 0 Å². The molecule has 1 heterocycles. The van der Waals surface area contributed by atoms with Crippen LogP contribution >= 0.6 is 23.4 Å². The molecule has 0 bridgehead atoms. The van der Waals surface area contributed by atoms with E-state index in [1.807, 2.05) is 29.2 Å². The van der Waals surface area contributed by atoms with Gasteiger partial charge >= 0.3 is 0 Å². The minimum absolute atomic E-state index is 0.0475. The fourth-order valence-corrected chi connectivity index (χ4v) is 4.86. The van der Waals surface area contributed by atoms with Crippen molar-refractivity contribution in [3.8, 4) is 0 Å². The molecule has 0 saturated carbocycles. The first-order chi connectivity index (χ1) is 13.0. The molecular weight excluding hydrogens is 380 g/mol. The van der Waals surface area contributed by atoms with E-state index < -0.39 is 5.38 Å². The molecule has 0 unspecified atom stereocenters. The summed E-state index contributed by atoms with van der Waals surface area (Å²) in [6, 6.07) is 14.0. The van der Waals surface area contributed by atoms with Crippen molar-refractivity contribution in [2.75, 3.05) is 16.0 Å². The molecule has 4 nitrogen and oxygen atoms in total. The second kappa shape index (κ2) is 7.56. The summed E-state index contributed by atoms with van der Waals surface area (Å²) < 4.78 is 0. The van der Waals surface area contributed by atoms with Crippen LogP contribution in [0.4, 0.5) is 11.4 Å². The summed E-state index contributed by atoms with van der Waals surface area (Å²) in [5.74, 6) is 0.384. The van der Waals surface area contributed by atoms with E-state index in [1.165, 1.54) is 17.5 Å². The summed E-state index contributed by atoms with van der Waals surface area (Å²) in [6.07, 6.45) is 3.42. The van der Waals surface area contributed by atoms with E-state index in [0.717, 1.165) is 24.1 Å². The maximum absolute atomic E-state index is 12.6. The van der Waals surface area contributed by atoms with Gasteiger partial charge in [0.05, 0.1) is 5.75 Å². The Labute approximate surface area is 168 Å². The number of alkyl halides is 1. The Morgan fingerprint density at radius 2 is 1.93 bits per heavy atom. The van der Waals surface area contributed by atoms with Crippen LogP contribution in [0, 0.1) is 0 Å². The Balaban J connectivity index is 1.57. The quantitative estimate of drug-likeness (QED) is 0.767. The molecule has 1 fully saturated rings. The lowest BCUT2D eigenvalue weighted by atomic mass is 10.1. The highest BCUT2D eigenvalue weighted by Crippen LogP contribution is 2.42. The van der Waals surface area contributed by atoms with Crippen LogP contribution < -0.4 is 10.2 Å². The first kappa shape index (κ1) is 18.4. The van der Waals surface area contributed by atoms with Crippen LogP contribution in [0.25, 0.3) is 0 Å². The molecule has 2 aliphatic rings. The largest absolute Gasteiger partial charge is 0.325 e. The molecule has 27 heavy (non-hydrogen) atoms. The number of rotatable bonds is 4. The highest BCUT2D eigenvalue weighted by Gasteiger charge is 2.34. The Bertz CT molecular complexity index is 882. The molecule has 2 aromatic rings. The molecule has 1 aliphatic carbocycles. The number of fused-ring (bicyclic) bond motifs is 1. The number of aryl methyl sites for hydroxylation is 2. The van der Waals surface area contributed by atoms with E-state index in [-0.39, 0.29) is 17.2 Å². The number of carbonyl (C=O) groups is 2. The zero-order valence-electron chi connectivity index (χ0n) is 15.1. The standard InChI is InChI=1S/C21H21ClN2O2S/c1-13(22)20(26)23-17-8-5-15(6-9-17)21-24(19(25)12-27-21)18-10-7-14-3-2-4-16(14)11-18/h5-11,13,21H,2-4,12H2,1H3,(H,23,26)/t13-,21+/m1/s1. The summed E-state index contributed by atoms with van der Waals surface area (Å²) in [4.78, 5) is 26.2. The Morgan fingerprint density at radius 1 is 1.19 bits per heavy atom. The molecule has 6 heteroatoms. The SMILES string of the molecule is C[C@@H](Cl)C(=O)Nc1ccc([C@@H]2SCC(=O)N2c2ccc3c(c2)CCC3)cc1. The summed E-state index contributed by atoms with van der Waals surface area (Å²) in [7, 11) is 0. The lowest BCUT2D eigenvalue weighted by molar-refractivity contribution is -0.116. The van der Waals surface area contributed by atoms with Gasteiger partial charge in [-0.05, 0) is 67.1 Å². The van der Waals surface area contributed by atoms with Gasteiger partial charge in [0.25, 0.3) is 0 Å². The van der Waals surface area contributed by atoms with Crippen LogP contribution in [-0.4, -0.2) is 22.9 Å². The van der Waals surface area contributed by atoms with Crippen LogP contribution in [0.5, 0.6) is 0 Å². The predicted octanol–water partition coefficient (Wildman–Crippen LogP) is 4.52. The molecule has 2 atom stereocenters. The fourth-order valence-electron chi connectivity index (χ4n) is 3.63. The van der Waals surface area contributed by atoms with E-state index in [1.54, 1.807) is 18.7 Å². The number of halogens is 1. The van der Waals surface area contributed by atoms with E-state index in [4.69, 9.17) is 11.6 Å². The smallest absolute Gasteiger partial charge is 0.242 e. The predicted molar refractivity (Wildman–Crippen MR) is 112 cm³/mol. The summed E-state index contributed by atoms with van der Waals surface area (Å²) >= 11 is 7.43. The van der Waals surface area contributed by atoms with Gasteiger partial charge in [0, 0.05) is 11.4 Å². The van der Waals surface area contributed by atoms with Gasteiger partial charge in [-0.3, -0.25) is 14.5 Å². The zero-order valence-corrected chi connectivity index (χ0v) is 16.6. The van der Waals surface area contributed by atoms with E-state index in [0.29, 0.717) is 11.4 Å². The van der Waals surface area contributed by atoms with Gasteiger partial charge in [0.2, 0.25) is 11.8 Å². The zero-order chi connectivity index (χ0) is 19.0. The van der Waals surface area contributed by atoms with Crippen molar-refractivity contribution in [2.45, 2.75) is 36.9 Å². The third kappa shape index (κ3) is 3.71. The number of hydrogen-bond acceptors (Lipinski definition) is 3. The number of thioether (sulfide) groups is 1. The van der Waals surface area contributed by atoms with E-state index in [9.17, 15) is 9.59 Å². The molecule has 4 rings (SSSR count). The van der Waals surface area contributed by atoms with Crippen molar-refractivity contribution >= 4 is 46.6 Å². The lowest BCUT2D eigenvalue weighted by Crippen LogP contribution is -2.28. The highest BCUT2D eigenvalue weighted by molar-refractivity contribution is 8.00. The average Bonchev–Trinajstić information content (AvgIpc) is 3.28. The topological polar surface area (TPSA) is 49.4 Å². The number of nitrogens with one attached hydrogen (secondary N) is 1. The van der Waals surface area contributed by atoms with Gasteiger partial charge < -0.3 is 5.32 Å². The monoisotopic (exact) mass is 400 g/mol. The van der Waals surface area contributed by atoms with Crippen molar-refractivity contribution in [3.05, 3.63) is 59.2 Å².